The zero-order valence-electron chi connectivity index (χ0n) is 9.65. The fourth-order valence-corrected chi connectivity index (χ4v) is 2.97. The van der Waals surface area contributed by atoms with Gasteiger partial charge in [-0.1, -0.05) is 12.8 Å². The highest BCUT2D eigenvalue weighted by atomic mass is 19.2. The fourth-order valence-electron chi connectivity index (χ4n) is 2.97. The zero-order valence-corrected chi connectivity index (χ0v) is 9.65. The summed E-state index contributed by atoms with van der Waals surface area (Å²) in [5, 5.41) is 6.35. The van der Waals surface area contributed by atoms with E-state index in [2.05, 4.69) is 10.6 Å². The fraction of sp³-hybridized carbons (Fsp3) is 0.538. The molecular weight excluding hydrogens is 222 g/mol. The van der Waals surface area contributed by atoms with Gasteiger partial charge in [0, 0.05) is 18.5 Å². The molecule has 0 amide bonds. The van der Waals surface area contributed by atoms with Crippen molar-refractivity contribution in [2.24, 2.45) is 5.41 Å². The highest BCUT2D eigenvalue weighted by molar-refractivity contribution is 5.70. The van der Waals surface area contributed by atoms with E-state index < -0.39 is 11.6 Å². The molecule has 0 saturated heterocycles. The summed E-state index contributed by atoms with van der Waals surface area (Å²) in [6, 6.07) is 2.78. The first-order chi connectivity index (χ1) is 8.20. The Balaban J connectivity index is 1.92. The maximum absolute atomic E-state index is 13.7. The van der Waals surface area contributed by atoms with E-state index in [-0.39, 0.29) is 11.1 Å². The predicted molar refractivity (Wildman–Crippen MR) is 64.2 cm³/mol. The van der Waals surface area contributed by atoms with Crippen LogP contribution in [0.2, 0.25) is 0 Å². The summed E-state index contributed by atoms with van der Waals surface area (Å²) in [5.74, 6) is -1.56. The lowest BCUT2D eigenvalue weighted by atomic mass is 9.86. The number of benzene rings is 1. The summed E-state index contributed by atoms with van der Waals surface area (Å²) in [5.41, 5.74) is 1.17. The third kappa shape index (κ3) is 1.75. The average molecular weight is 238 g/mol. The van der Waals surface area contributed by atoms with Crippen molar-refractivity contribution < 1.29 is 8.78 Å². The number of rotatable bonds is 0. The molecule has 0 atom stereocenters. The molecular formula is C13H16F2N2. The molecule has 1 aliphatic heterocycles. The van der Waals surface area contributed by atoms with Gasteiger partial charge in [-0.2, -0.15) is 0 Å². The Bertz CT molecular complexity index is 439. The third-order valence-electron chi connectivity index (χ3n) is 4.05. The molecule has 1 aromatic rings. The number of fused-ring (bicyclic) bond motifs is 1. The van der Waals surface area contributed by atoms with Crippen molar-refractivity contribution in [3.63, 3.8) is 0 Å². The van der Waals surface area contributed by atoms with E-state index in [0.29, 0.717) is 5.69 Å². The molecule has 2 nitrogen and oxygen atoms in total. The molecule has 1 spiro atoms. The molecule has 1 heterocycles. The van der Waals surface area contributed by atoms with Gasteiger partial charge in [0.05, 0.1) is 11.4 Å². The van der Waals surface area contributed by atoms with Gasteiger partial charge in [-0.25, -0.2) is 8.78 Å². The Labute approximate surface area is 99.4 Å². The van der Waals surface area contributed by atoms with Gasteiger partial charge < -0.3 is 10.6 Å². The number of hydrogen-bond donors (Lipinski definition) is 2. The molecule has 3 rings (SSSR count). The van der Waals surface area contributed by atoms with Crippen molar-refractivity contribution in [3.05, 3.63) is 23.8 Å². The van der Waals surface area contributed by atoms with Crippen LogP contribution in [0.3, 0.4) is 0 Å². The van der Waals surface area contributed by atoms with Crippen molar-refractivity contribution in [2.75, 3.05) is 23.7 Å². The molecule has 4 heteroatoms. The van der Waals surface area contributed by atoms with Crippen molar-refractivity contribution in [1.82, 2.24) is 0 Å². The molecule has 1 saturated carbocycles. The van der Waals surface area contributed by atoms with Crippen molar-refractivity contribution in [2.45, 2.75) is 25.7 Å². The lowest BCUT2D eigenvalue weighted by molar-refractivity contribution is 0.346. The van der Waals surface area contributed by atoms with Gasteiger partial charge in [-0.05, 0) is 25.0 Å². The van der Waals surface area contributed by atoms with Crippen LogP contribution in [0.5, 0.6) is 0 Å². The molecule has 92 valence electrons. The number of hydrogen-bond acceptors (Lipinski definition) is 2. The van der Waals surface area contributed by atoms with E-state index in [1.54, 1.807) is 6.07 Å². The summed E-state index contributed by atoms with van der Waals surface area (Å²) >= 11 is 0. The van der Waals surface area contributed by atoms with Crippen LogP contribution in [0.4, 0.5) is 20.2 Å². The Kier molecular flexibility index (Phi) is 2.45. The van der Waals surface area contributed by atoms with Gasteiger partial charge in [0.1, 0.15) is 0 Å². The first kappa shape index (κ1) is 10.8. The molecule has 0 aromatic heterocycles. The van der Waals surface area contributed by atoms with Gasteiger partial charge >= 0.3 is 0 Å². The third-order valence-corrected chi connectivity index (χ3v) is 4.05. The Morgan fingerprint density at radius 2 is 1.71 bits per heavy atom. The highest BCUT2D eigenvalue weighted by Gasteiger charge is 2.36. The van der Waals surface area contributed by atoms with Gasteiger partial charge in [0.25, 0.3) is 0 Å². The smallest absolute Gasteiger partial charge is 0.183 e. The predicted octanol–water partition coefficient (Wildman–Crippen LogP) is 3.36. The number of halogens is 2. The van der Waals surface area contributed by atoms with Gasteiger partial charge in [0.2, 0.25) is 0 Å². The van der Waals surface area contributed by atoms with Crippen LogP contribution in [0.15, 0.2) is 12.1 Å². The maximum atomic E-state index is 13.7. The van der Waals surface area contributed by atoms with Crippen LogP contribution in [0.1, 0.15) is 25.7 Å². The van der Waals surface area contributed by atoms with Crippen molar-refractivity contribution in [1.29, 1.82) is 0 Å². The molecule has 2 aliphatic rings. The van der Waals surface area contributed by atoms with Crippen LogP contribution in [0.25, 0.3) is 0 Å². The SMILES string of the molecule is Fc1ccc2c(c1F)NCC1(CCCC1)CN2. The zero-order chi connectivity index (χ0) is 11.9. The minimum atomic E-state index is -0.791. The van der Waals surface area contributed by atoms with Crippen LogP contribution in [-0.4, -0.2) is 13.1 Å². The van der Waals surface area contributed by atoms with Crippen molar-refractivity contribution in [3.8, 4) is 0 Å². The van der Waals surface area contributed by atoms with E-state index in [9.17, 15) is 8.78 Å². The maximum Gasteiger partial charge on any atom is 0.183 e. The topological polar surface area (TPSA) is 24.1 Å². The van der Waals surface area contributed by atoms with E-state index in [0.717, 1.165) is 25.9 Å². The first-order valence-corrected chi connectivity index (χ1v) is 6.16. The molecule has 1 aliphatic carbocycles. The Morgan fingerprint density at radius 1 is 1.00 bits per heavy atom. The summed E-state index contributed by atoms with van der Waals surface area (Å²) in [7, 11) is 0. The largest absolute Gasteiger partial charge is 0.383 e. The van der Waals surface area contributed by atoms with E-state index in [1.807, 2.05) is 0 Å². The molecule has 1 aromatic carbocycles. The van der Waals surface area contributed by atoms with Gasteiger partial charge in [-0.3, -0.25) is 0 Å². The van der Waals surface area contributed by atoms with Crippen LogP contribution in [-0.2, 0) is 0 Å². The van der Waals surface area contributed by atoms with E-state index in [4.69, 9.17) is 0 Å². The second-order valence-electron chi connectivity index (χ2n) is 5.20. The summed E-state index contributed by atoms with van der Waals surface area (Å²) in [6.07, 6.45) is 4.78. The second kappa shape index (κ2) is 3.86. The van der Waals surface area contributed by atoms with E-state index >= 15 is 0 Å². The lowest BCUT2D eigenvalue weighted by Crippen LogP contribution is -2.31. The van der Waals surface area contributed by atoms with Crippen LogP contribution >= 0.6 is 0 Å². The van der Waals surface area contributed by atoms with Gasteiger partial charge in [-0.15, -0.1) is 0 Å². The number of nitrogens with one attached hydrogen (secondary N) is 2. The molecule has 1 fully saturated rings. The standard InChI is InChI=1S/C13H16F2N2/c14-9-3-4-10-12(11(9)15)17-8-13(7-16-10)5-1-2-6-13/h3-4,16-17H,1-2,5-8H2. The van der Waals surface area contributed by atoms with Crippen LogP contribution in [0, 0.1) is 17.0 Å². The van der Waals surface area contributed by atoms with Crippen LogP contribution < -0.4 is 10.6 Å². The van der Waals surface area contributed by atoms with Gasteiger partial charge in [0.15, 0.2) is 11.6 Å². The lowest BCUT2D eigenvalue weighted by Gasteiger charge is -2.26. The Morgan fingerprint density at radius 3 is 2.47 bits per heavy atom. The molecule has 0 unspecified atom stereocenters. The summed E-state index contributed by atoms with van der Waals surface area (Å²) in [4.78, 5) is 0. The Hall–Kier alpha value is -1.32. The minimum Gasteiger partial charge on any atom is -0.383 e. The normalized spacial score (nSPS) is 21.5. The molecule has 2 N–H and O–H groups in total. The first-order valence-electron chi connectivity index (χ1n) is 6.16. The average Bonchev–Trinajstić information content (AvgIpc) is 2.70. The number of anilines is 2. The highest BCUT2D eigenvalue weighted by Crippen LogP contribution is 2.41. The van der Waals surface area contributed by atoms with E-state index in [1.165, 1.54) is 18.9 Å². The summed E-state index contributed by atoms with van der Waals surface area (Å²) in [6.45, 7) is 1.57. The second-order valence-corrected chi connectivity index (χ2v) is 5.20. The quantitative estimate of drug-likeness (QED) is 0.724. The molecule has 0 radical (unpaired) electrons. The van der Waals surface area contributed by atoms with Crippen molar-refractivity contribution >= 4 is 11.4 Å². The minimum absolute atomic E-state index is 0.210. The molecule has 17 heavy (non-hydrogen) atoms. The molecule has 0 bridgehead atoms. The summed E-state index contributed by atoms with van der Waals surface area (Å²) < 4.78 is 26.8. The monoisotopic (exact) mass is 238 g/mol.